The summed E-state index contributed by atoms with van der Waals surface area (Å²) in [5, 5.41) is 12.7. The first-order valence-corrected chi connectivity index (χ1v) is 5.74. The van der Waals surface area contributed by atoms with Crippen molar-refractivity contribution in [3.63, 3.8) is 0 Å². The Morgan fingerprint density at radius 3 is 2.06 bits per heavy atom. The standard InChI is InChI=1S/C12H23NO3/c1-8(2)13-12(9(14)15)7-10(3,4)16-11(12,5)6/h8,13H,7H2,1-6H3,(H,14,15). The van der Waals surface area contributed by atoms with Gasteiger partial charge in [0.1, 0.15) is 5.54 Å². The molecule has 4 heteroatoms. The summed E-state index contributed by atoms with van der Waals surface area (Å²) in [5.41, 5.74) is -2.14. The molecule has 1 aliphatic rings. The van der Waals surface area contributed by atoms with Crippen LogP contribution in [0.5, 0.6) is 0 Å². The third-order valence-corrected chi connectivity index (χ3v) is 3.15. The Bertz CT molecular complexity index is 297. The van der Waals surface area contributed by atoms with E-state index in [1.165, 1.54) is 0 Å². The summed E-state index contributed by atoms with van der Waals surface area (Å²) in [7, 11) is 0. The topological polar surface area (TPSA) is 58.6 Å². The Hall–Kier alpha value is -0.610. The zero-order valence-electron chi connectivity index (χ0n) is 11.0. The van der Waals surface area contributed by atoms with Crippen LogP contribution in [-0.4, -0.2) is 33.9 Å². The van der Waals surface area contributed by atoms with Crippen LogP contribution in [0, 0.1) is 0 Å². The van der Waals surface area contributed by atoms with Crippen LogP contribution in [0.4, 0.5) is 0 Å². The van der Waals surface area contributed by atoms with Crippen LogP contribution in [-0.2, 0) is 9.53 Å². The van der Waals surface area contributed by atoms with Crippen molar-refractivity contribution in [2.24, 2.45) is 0 Å². The van der Waals surface area contributed by atoms with Gasteiger partial charge in [-0.2, -0.15) is 0 Å². The molecule has 1 aliphatic heterocycles. The van der Waals surface area contributed by atoms with Gasteiger partial charge in [-0.05, 0) is 41.5 Å². The summed E-state index contributed by atoms with van der Waals surface area (Å²) in [6.45, 7) is 11.4. The lowest BCUT2D eigenvalue weighted by Gasteiger charge is -2.38. The highest BCUT2D eigenvalue weighted by Crippen LogP contribution is 2.45. The molecule has 0 aromatic rings. The van der Waals surface area contributed by atoms with Crippen molar-refractivity contribution < 1.29 is 14.6 Å². The van der Waals surface area contributed by atoms with Gasteiger partial charge in [-0.25, -0.2) is 0 Å². The second-order valence-corrected chi connectivity index (χ2v) is 6.06. The number of rotatable bonds is 3. The molecular formula is C12H23NO3. The molecule has 1 fully saturated rings. The smallest absolute Gasteiger partial charge is 0.327 e. The van der Waals surface area contributed by atoms with Crippen molar-refractivity contribution in [1.82, 2.24) is 5.32 Å². The SMILES string of the molecule is CC(C)NC1(C(=O)O)CC(C)(C)OC1(C)C. The zero-order chi connectivity index (χ0) is 12.8. The summed E-state index contributed by atoms with van der Waals surface area (Å²) < 4.78 is 5.87. The average molecular weight is 229 g/mol. The molecule has 0 amide bonds. The lowest BCUT2D eigenvalue weighted by Crippen LogP contribution is -2.64. The molecule has 0 aliphatic carbocycles. The molecule has 0 saturated carbocycles. The highest BCUT2D eigenvalue weighted by atomic mass is 16.5. The molecule has 0 aromatic heterocycles. The second kappa shape index (κ2) is 3.70. The number of ether oxygens (including phenoxy) is 1. The molecular weight excluding hydrogens is 206 g/mol. The Kier molecular flexibility index (Phi) is 3.12. The zero-order valence-corrected chi connectivity index (χ0v) is 11.0. The van der Waals surface area contributed by atoms with E-state index in [1.807, 2.05) is 41.5 Å². The van der Waals surface area contributed by atoms with E-state index >= 15 is 0 Å². The van der Waals surface area contributed by atoms with E-state index in [0.29, 0.717) is 6.42 Å². The fourth-order valence-electron chi connectivity index (χ4n) is 2.78. The second-order valence-electron chi connectivity index (χ2n) is 6.06. The maximum atomic E-state index is 11.6. The van der Waals surface area contributed by atoms with Crippen LogP contribution >= 0.6 is 0 Å². The van der Waals surface area contributed by atoms with Gasteiger partial charge in [0.05, 0.1) is 11.2 Å². The molecule has 1 heterocycles. The third-order valence-electron chi connectivity index (χ3n) is 3.15. The molecule has 0 spiro atoms. The Labute approximate surface area is 97.4 Å². The van der Waals surface area contributed by atoms with Crippen molar-refractivity contribution in [3.8, 4) is 0 Å². The van der Waals surface area contributed by atoms with Crippen LogP contribution in [0.2, 0.25) is 0 Å². The number of carboxylic acid groups (broad SMARTS) is 1. The third kappa shape index (κ3) is 2.09. The first-order valence-electron chi connectivity index (χ1n) is 5.74. The molecule has 94 valence electrons. The van der Waals surface area contributed by atoms with Crippen molar-refractivity contribution in [1.29, 1.82) is 0 Å². The van der Waals surface area contributed by atoms with Crippen molar-refractivity contribution >= 4 is 5.97 Å². The fraction of sp³-hybridized carbons (Fsp3) is 0.917. The van der Waals surface area contributed by atoms with Gasteiger partial charge in [-0.1, -0.05) is 0 Å². The van der Waals surface area contributed by atoms with E-state index in [2.05, 4.69) is 5.32 Å². The Morgan fingerprint density at radius 1 is 1.31 bits per heavy atom. The molecule has 0 bridgehead atoms. The van der Waals surface area contributed by atoms with E-state index < -0.39 is 22.7 Å². The predicted molar refractivity (Wildman–Crippen MR) is 62.5 cm³/mol. The van der Waals surface area contributed by atoms with E-state index in [9.17, 15) is 9.90 Å². The highest BCUT2D eigenvalue weighted by molar-refractivity contribution is 5.81. The van der Waals surface area contributed by atoms with Gasteiger partial charge in [-0.15, -0.1) is 0 Å². The summed E-state index contributed by atoms with van der Waals surface area (Å²) in [5.74, 6) is -0.836. The summed E-state index contributed by atoms with van der Waals surface area (Å²) >= 11 is 0. The first kappa shape index (κ1) is 13.5. The summed E-state index contributed by atoms with van der Waals surface area (Å²) in [6, 6.07) is 0.105. The molecule has 0 radical (unpaired) electrons. The van der Waals surface area contributed by atoms with Crippen LogP contribution < -0.4 is 5.32 Å². The van der Waals surface area contributed by atoms with E-state index in [-0.39, 0.29) is 6.04 Å². The minimum Gasteiger partial charge on any atom is -0.480 e. The van der Waals surface area contributed by atoms with Gasteiger partial charge >= 0.3 is 5.97 Å². The van der Waals surface area contributed by atoms with Crippen LogP contribution in [0.25, 0.3) is 0 Å². The quantitative estimate of drug-likeness (QED) is 0.774. The van der Waals surface area contributed by atoms with Gasteiger partial charge in [0.25, 0.3) is 0 Å². The van der Waals surface area contributed by atoms with E-state index in [0.717, 1.165) is 0 Å². The Morgan fingerprint density at radius 2 is 1.81 bits per heavy atom. The highest BCUT2D eigenvalue weighted by Gasteiger charge is 2.62. The molecule has 1 saturated heterocycles. The van der Waals surface area contributed by atoms with Crippen LogP contribution in [0.3, 0.4) is 0 Å². The van der Waals surface area contributed by atoms with Crippen molar-refractivity contribution in [3.05, 3.63) is 0 Å². The Balaban J connectivity index is 3.15. The molecule has 16 heavy (non-hydrogen) atoms. The monoisotopic (exact) mass is 229 g/mol. The summed E-state index contributed by atoms with van der Waals surface area (Å²) in [6.07, 6.45) is 0.473. The number of aliphatic carboxylic acids is 1. The fourth-order valence-corrected chi connectivity index (χ4v) is 2.78. The maximum Gasteiger partial charge on any atom is 0.327 e. The van der Waals surface area contributed by atoms with E-state index in [1.54, 1.807) is 0 Å². The lowest BCUT2D eigenvalue weighted by molar-refractivity contribution is -0.154. The van der Waals surface area contributed by atoms with Crippen molar-refractivity contribution in [2.75, 3.05) is 0 Å². The molecule has 1 atom stereocenters. The van der Waals surface area contributed by atoms with E-state index in [4.69, 9.17) is 4.74 Å². The lowest BCUT2D eigenvalue weighted by atomic mass is 9.78. The van der Waals surface area contributed by atoms with Gasteiger partial charge in [0.2, 0.25) is 0 Å². The predicted octanol–water partition coefficient (Wildman–Crippen LogP) is 1.79. The summed E-state index contributed by atoms with van der Waals surface area (Å²) in [4.78, 5) is 11.6. The first-order chi connectivity index (χ1) is 7.02. The minimum absolute atomic E-state index is 0.105. The molecule has 1 unspecified atom stereocenters. The number of hydrogen-bond donors (Lipinski definition) is 2. The van der Waals surface area contributed by atoms with Gasteiger partial charge in [0, 0.05) is 12.5 Å². The van der Waals surface area contributed by atoms with Crippen LogP contribution in [0.1, 0.15) is 48.0 Å². The maximum absolute atomic E-state index is 11.6. The number of carboxylic acids is 1. The largest absolute Gasteiger partial charge is 0.480 e. The number of hydrogen-bond acceptors (Lipinski definition) is 3. The van der Waals surface area contributed by atoms with Gasteiger partial charge in [-0.3, -0.25) is 10.1 Å². The average Bonchev–Trinajstić information content (AvgIpc) is 2.14. The molecule has 1 rings (SSSR count). The molecule has 4 nitrogen and oxygen atoms in total. The van der Waals surface area contributed by atoms with Crippen molar-refractivity contribution in [2.45, 2.75) is 70.7 Å². The van der Waals surface area contributed by atoms with Gasteiger partial charge < -0.3 is 9.84 Å². The number of nitrogens with one attached hydrogen (secondary N) is 1. The normalized spacial score (nSPS) is 31.9. The minimum atomic E-state index is -1.01. The molecule has 2 N–H and O–H groups in total. The molecule has 0 aromatic carbocycles. The van der Waals surface area contributed by atoms with Crippen LogP contribution in [0.15, 0.2) is 0 Å². The number of carbonyl (C=O) groups is 1. The van der Waals surface area contributed by atoms with Gasteiger partial charge in [0.15, 0.2) is 0 Å².